The summed E-state index contributed by atoms with van der Waals surface area (Å²) in [4.78, 5) is 16.3. The molecule has 1 amide bonds. The molecule has 1 aliphatic heterocycles. The molecular weight excluding hydrogens is 388 g/mol. The highest BCUT2D eigenvalue weighted by Gasteiger charge is 2.29. The first-order chi connectivity index (χ1) is 13.7. The molecular formula is C21H29N4O3S+. The number of benzene rings is 2. The number of aryl methyl sites for hydroxylation is 1. The lowest BCUT2D eigenvalue weighted by molar-refractivity contribution is -0.914. The van der Waals surface area contributed by atoms with Crippen LogP contribution in [0.3, 0.4) is 0 Å². The smallest absolute Gasteiger partial charge is 0.282 e. The lowest BCUT2D eigenvalue weighted by atomic mass is 10.1. The van der Waals surface area contributed by atoms with Gasteiger partial charge in [0.05, 0.1) is 31.1 Å². The Morgan fingerprint density at radius 2 is 1.79 bits per heavy atom. The Morgan fingerprint density at radius 1 is 1.14 bits per heavy atom. The Kier molecular flexibility index (Phi) is 6.26. The van der Waals surface area contributed by atoms with Crippen molar-refractivity contribution in [2.45, 2.75) is 31.7 Å². The minimum absolute atomic E-state index is 0.0163. The summed E-state index contributed by atoms with van der Waals surface area (Å²) in [5.41, 5.74) is 4.28. The fourth-order valence-corrected chi connectivity index (χ4v) is 4.29. The third-order valence-corrected chi connectivity index (χ3v) is 6.67. The Hall–Kier alpha value is -2.42. The topological polar surface area (TPSA) is 96.9 Å². The first-order valence-corrected chi connectivity index (χ1v) is 11.3. The van der Waals surface area contributed by atoms with Crippen LogP contribution < -0.4 is 20.3 Å². The highest BCUT2D eigenvalue weighted by molar-refractivity contribution is 7.89. The van der Waals surface area contributed by atoms with Gasteiger partial charge in [0.1, 0.15) is 0 Å². The number of nitrogens with zero attached hydrogens (tertiary/aromatic N) is 1. The quantitative estimate of drug-likeness (QED) is 0.667. The van der Waals surface area contributed by atoms with Gasteiger partial charge in [-0.3, -0.25) is 4.79 Å². The maximum Gasteiger partial charge on any atom is 0.282 e. The van der Waals surface area contributed by atoms with Gasteiger partial charge in [0, 0.05) is 11.4 Å². The SMILES string of the molecule is Cc1cccc(N2CC[NH+]([C@H](C)C(=O)Nc3cccc(S(N)(=O)=O)c3)CC2)c1C. The van der Waals surface area contributed by atoms with Crippen LogP contribution in [-0.2, 0) is 14.8 Å². The van der Waals surface area contributed by atoms with Crippen molar-refractivity contribution < 1.29 is 18.1 Å². The first kappa shape index (κ1) is 21.3. The highest BCUT2D eigenvalue weighted by atomic mass is 32.2. The van der Waals surface area contributed by atoms with Gasteiger partial charge in [0.2, 0.25) is 10.0 Å². The van der Waals surface area contributed by atoms with E-state index in [1.165, 1.54) is 33.8 Å². The van der Waals surface area contributed by atoms with Crippen molar-refractivity contribution in [3.05, 3.63) is 53.6 Å². The van der Waals surface area contributed by atoms with Crippen molar-refractivity contribution in [2.24, 2.45) is 5.14 Å². The fraction of sp³-hybridized carbons (Fsp3) is 0.381. The van der Waals surface area contributed by atoms with E-state index in [9.17, 15) is 13.2 Å². The molecule has 0 saturated carbocycles. The van der Waals surface area contributed by atoms with Crippen LogP contribution in [0.25, 0.3) is 0 Å². The molecule has 1 atom stereocenters. The molecule has 1 aliphatic rings. The predicted octanol–water partition coefficient (Wildman–Crippen LogP) is 0.683. The lowest BCUT2D eigenvalue weighted by Crippen LogP contribution is -3.19. The van der Waals surface area contributed by atoms with E-state index in [2.05, 4.69) is 42.3 Å². The molecule has 7 nitrogen and oxygen atoms in total. The molecule has 0 bridgehead atoms. The number of rotatable bonds is 5. The third-order valence-electron chi connectivity index (χ3n) is 5.76. The summed E-state index contributed by atoms with van der Waals surface area (Å²) in [6, 6.07) is 12.1. The summed E-state index contributed by atoms with van der Waals surface area (Å²) < 4.78 is 23.0. The zero-order valence-corrected chi connectivity index (χ0v) is 17.9. The zero-order valence-electron chi connectivity index (χ0n) is 17.1. The van der Waals surface area contributed by atoms with E-state index in [-0.39, 0.29) is 16.8 Å². The van der Waals surface area contributed by atoms with E-state index in [4.69, 9.17) is 5.14 Å². The van der Waals surface area contributed by atoms with Crippen molar-refractivity contribution in [2.75, 3.05) is 36.4 Å². The Labute approximate surface area is 172 Å². The summed E-state index contributed by atoms with van der Waals surface area (Å²) in [6.07, 6.45) is 0. The molecule has 29 heavy (non-hydrogen) atoms. The van der Waals surface area contributed by atoms with E-state index in [0.29, 0.717) is 5.69 Å². The Balaban J connectivity index is 1.61. The first-order valence-electron chi connectivity index (χ1n) is 9.76. The van der Waals surface area contributed by atoms with Crippen molar-refractivity contribution in [1.82, 2.24) is 0 Å². The fourth-order valence-electron chi connectivity index (χ4n) is 3.73. The minimum atomic E-state index is -3.80. The van der Waals surface area contributed by atoms with E-state index in [1.807, 2.05) is 6.92 Å². The maximum absolute atomic E-state index is 12.7. The zero-order chi connectivity index (χ0) is 21.2. The van der Waals surface area contributed by atoms with Gasteiger partial charge in [-0.05, 0) is 56.2 Å². The molecule has 0 aliphatic carbocycles. The minimum Gasteiger partial charge on any atom is -0.360 e. The number of amides is 1. The molecule has 8 heteroatoms. The molecule has 1 heterocycles. The number of sulfonamides is 1. The van der Waals surface area contributed by atoms with Gasteiger partial charge in [-0.15, -0.1) is 0 Å². The van der Waals surface area contributed by atoms with Crippen molar-refractivity contribution in [3.63, 3.8) is 0 Å². The third kappa shape index (κ3) is 4.95. The second kappa shape index (κ2) is 8.52. The molecule has 0 spiro atoms. The average molecular weight is 418 g/mol. The number of primary sulfonamides is 1. The molecule has 3 rings (SSSR count). The van der Waals surface area contributed by atoms with Gasteiger partial charge >= 0.3 is 0 Å². The van der Waals surface area contributed by atoms with Crippen molar-refractivity contribution in [3.8, 4) is 0 Å². The number of hydrogen-bond acceptors (Lipinski definition) is 4. The van der Waals surface area contributed by atoms with Crippen LogP contribution in [0.5, 0.6) is 0 Å². The number of anilines is 2. The largest absolute Gasteiger partial charge is 0.360 e. The molecule has 0 aromatic heterocycles. The van der Waals surface area contributed by atoms with E-state index < -0.39 is 10.0 Å². The summed E-state index contributed by atoms with van der Waals surface area (Å²) in [7, 11) is -3.80. The molecule has 1 fully saturated rings. The van der Waals surface area contributed by atoms with Crippen LogP contribution in [0.15, 0.2) is 47.4 Å². The Bertz CT molecular complexity index is 999. The van der Waals surface area contributed by atoms with Crippen LogP contribution in [0.4, 0.5) is 11.4 Å². The van der Waals surface area contributed by atoms with Crippen LogP contribution in [-0.4, -0.2) is 46.5 Å². The van der Waals surface area contributed by atoms with Crippen LogP contribution >= 0.6 is 0 Å². The van der Waals surface area contributed by atoms with E-state index in [1.54, 1.807) is 12.1 Å². The predicted molar refractivity (Wildman–Crippen MR) is 115 cm³/mol. The van der Waals surface area contributed by atoms with Crippen LogP contribution in [0.2, 0.25) is 0 Å². The molecule has 156 valence electrons. The van der Waals surface area contributed by atoms with Crippen LogP contribution in [0.1, 0.15) is 18.1 Å². The van der Waals surface area contributed by atoms with E-state index in [0.717, 1.165) is 26.2 Å². The van der Waals surface area contributed by atoms with Crippen LogP contribution in [0, 0.1) is 13.8 Å². The number of carbonyl (C=O) groups excluding carboxylic acids is 1. The number of nitrogens with two attached hydrogens (primary N) is 1. The van der Waals surface area contributed by atoms with Gasteiger partial charge < -0.3 is 15.1 Å². The van der Waals surface area contributed by atoms with Crippen molar-refractivity contribution in [1.29, 1.82) is 0 Å². The molecule has 4 N–H and O–H groups in total. The van der Waals surface area contributed by atoms with Gasteiger partial charge in [0.25, 0.3) is 5.91 Å². The second-order valence-corrected chi connectivity index (χ2v) is 9.21. The summed E-state index contributed by atoms with van der Waals surface area (Å²) in [5, 5.41) is 7.98. The number of piperazine rings is 1. The standard InChI is InChI=1S/C21H28N4O3S/c1-15-6-4-9-20(16(15)2)25-12-10-24(11-13-25)17(3)21(26)23-18-7-5-8-19(14-18)29(22,27)28/h4-9,14,17H,10-13H2,1-3H3,(H,23,26)(H2,22,27,28)/p+1/t17-/m1/s1. The molecule has 0 unspecified atom stereocenters. The normalized spacial score (nSPS) is 16.5. The number of hydrogen-bond donors (Lipinski definition) is 3. The van der Waals surface area contributed by atoms with Gasteiger partial charge in [-0.1, -0.05) is 18.2 Å². The molecule has 2 aromatic rings. The highest BCUT2D eigenvalue weighted by Crippen LogP contribution is 2.22. The average Bonchev–Trinajstić information content (AvgIpc) is 2.69. The van der Waals surface area contributed by atoms with Gasteiger partial charge in [-0.25, -0.2) is 13.6 Å². The number of quaternary nitrogens is 1. The maximum atomic E-state index is 12.7. The lowest BCUT2D eigenvalue weighted by Gasteiger charge is -2.36. The molecule has 1 saturated heterocycles. The summed E-state index contributed by atoms with van der Waals surface area (Å²) in [5.74, 6) is -0.133. The van der Waals surface area contributed by atoms with E-state index >= 15 is 0 Å². The van der Waals surface area contributed by atoms with Gasteiger partial charge in [-0.2, -0.15) is 0 Å². The monoisotopic (exact) mass is 417 g/mol. The Morgan fingerprint density at radius 3 is 2.45 bits per heavy atom. The summed E-state index contributed by atoms with van der Waals surface area (Å²) >= 11 is 0. The molecule has 2 aromatic carbocycles. The van der Waals surface area contributed by atoms with Crippen molar-refractivity contribution >= 4 is 27.3 Å². The molecule has 0 radical (unpaired) electrons. The number of carbonyl (C=O) groups is 1. The number of nitrogens with one attached hydrogen (secondary N) is 2. The second-order valence-electron chi connectivity index (χ2n) is 7.65. The van der Waals surface area contributed by atoms with Gasteiger partial charge in [0.15, 0.2) is 6.04 Å². The summed E-state index contributed by atoms with van der Waals surface area (Å²) in [6.45, 7) is 9.67.